The van der Waals surface area contributed by atoms with Crippen LogP contribution in [0.1, 0.15) is 41.1 Å². The van der Waals surface area contributed by atoms with Gasteiger partial charge in [-0.2, -0.15) is 0 Å². The lowest BCUT2D eigenvalue weighted by Gasteiger charge is -2.34. The van der Waals surface area contributed by atoms with Gasteiger partial charge in [-0.05, 0) is 74.8 Å². The lowest BCUT2D eigenvalue weighted by Crippen LogP contribution is -2.54. The molecule has 0 radical (unpaired) electrons. The van der Waals surface area contributed by atoms with Crippen molar-refractivity contribution < 1.29 is 14.0 Å². The van der Waals surface area contributed by atoms with Crippen molar-refractivity contribution in [3.05, 3.63) is 77.9 Å². The first-order valence-electron chi connectivity index (χ1n) is 13.2. The molecule has 1 aliphatic carbocycles. The van der Waals surface area contributed by atoms with Gasteiger partial charge < -0.3 is 20.4 Å². The molecule has 2 aromatic carbocycles. The number of aromatic nitrogens is 3. The Kier molecular flexibility index (Phi) is 8.09. The third-order valence-electron chi connectivity index (χ3n) is 7.40. The molecule has 2 aliphatic rings. The molecule has 1 saturated carbocycles. The minimum Gasteiger partial charge on any atom is -0.340 e. The highest BCUT2D eigenvalue weighted by Gasteiger charge is 2.37. The van der Waals surface area contributed by atoms with Gasteiger partial charge in [-0.25, -0.2) is 9.07 Å². The van der Waals surface area contributed by atoms with Crippen molar-refractivity contribution in [1.82, 2.24) is 35.4 Å². The van der Waals surface area contributed by atoms with Crippen LogP contribution >= 0.6 is 0 Å². The first kappa shape index (κ1) is 26.0. The van der Waals surface area contributed by atoms with Crippen LogP contribution in [-0.2, 0) is 4.79 Å². The Balaban J connectivity index is 1.16. The van der Waals surface area contributed by atoms with Crippen LogP contribution in [0.2, 0.25) is 0 Å². The minimum absolute atomic E-state index is 0.0266. The second-order valence-corrected chi connectivity index (χ2v) is 10.1. The van der Waals surface area contributed by atoms with E-state index in [9.17, 15) is 14.0 Å². The second kappa shape index (κ2) is 11.8. The van der Waals surface area contributed by atoms with Crippen molar-refractivity contribution in [2.24, 2.45) is 0 Å². The molecule has 3 atom stereocenters. The van der Waals surface area contributed by atoms with Crippen LogP contribution in [0.15, 0.2) is 60.9 Å². The summed E-state index contributed by atoms with van der Waals surface area (Å²) in [5.74, 6) is -0.114. The number of likely N-dealkylation sites (N-methyl/N-ethyl adjacent to an activating group) is 1. The summed E-state index contributed by atoms with van der Waals surface area (Å²) in [5, 5.41) is 14.3. The molecule has 1 aromatic heterocycles. The number of hydrogen-bond acceptors (Lipinski definition) is 6. The zero-order valence-electron chi connectivity index (χ0n) is 21.6. The maximum absolute atomic E-state index is 13.4. The summed E-state index contributed by atoms with van der Waals surface area (Å²) in [6.45, 7) is 3.72. The van der Waals surface area contributed by atoms with E-state index in [1.54, 1.807) is 41.3 Å². The number of carbonyl (C=O) groups is 2. The molecule has 3 aromatic rings. The highest BCUT2D eigenvalue weighted by Crippen LogP contribution is 2.40. The van der Waals surface area contributed by atoms with Gasteiger partial charge in [0.15, 0.2) is 0 Å². The SMILES string of the molecule is CN1CCN(C(=O)C(CCCN[C@@H]2C[C@@H]2c2ccc(F)cc2)NC(=O)c2ccc(-n3ccnn3)cc2)CC1. The van der Waals surface area contributed by atoms with E-state index in [0.29, 0.717) is 37.0 Å². The zero-order chi connectivity index (χ0) is 26.5. The van der Waals surface area contributed by atoms with Gasteiger partial charge in [0.25, 0.3) is 5.91 Å². The monoisotopic (exact) mass is 519 g/mol. The number of amides is 2. The van der Waals surface area contributed by atoms with Gasteiger partial charge in [0.05, 0.1) is 18.1 Å². The molecule has 1 aliphatic heterocycles. The lowest BCUT2D eigenvalue weighted by molar-refractivity contribution is -0.135. The molecule has 2 N–H and O–H groups in total. The largest absolute Gasteiger partial charge is 0.340 e. The Hall–Kier alpha value is -3.63. The Labute approximate surface area is 222 Å². The summed E-state index contributed by atoms with van der Waals surface area (Å²) in [7, 11) is 2.05. The number of halogens is 1. The highest BCUT2D eigenvalue weighted by atomic mass is 19.1. The third kappa shape index (κ3) is 6.43. The molecule has 38 heavy (non-hydrogen) atoms. The van der Waals surface area contributed by atoms with Crippen molar-refractivity contribution in [3.8, 4) is 5.69 Å². The molecule has 9 nitrogen and oxygen atoms in total. The lowest BCUT2D eigenvalue weighted by atomic mass is 10.1. The summed E-state index contributed by atoms with van der Waals surface area (Å²) in [5.41, 5.74) is 2.44. The van der Waals surface area contributed by atoms with Crippen molar-refractivity contribution in [1.29, 1.82) is 0 Å². The van der Waals surface area contributed by atoms with Gasteiger partial charge in [0.1, 0.15) is 11.9 Å². The molecule has 10 heteroatoms. The molecule has 2 heterocycles. The van der Waals surface area contributed by atoms with Gasteiger partial charge in [-0.3, -0.25) is 9.59 Å². The molecule has 200 valence electrons. The van der Waals surface area contributed by atoms with E-state index in [1.807, 2.05) is 24.1 Å². The van der Waals surface area contributed by atoms with Crippen LogP contribution in [0.4, 0.5) is 4.39 Å². The van der Waals surface area contributed by atoms with E-state index in [-0.39, 0.29) is 17.6 Å². The second-order valence-electron chi connectivity index (χ2n) is 10.1. The van der Waals surface area contributed by atoms with Gasteiger partial charge >= 0.3 is 0 Å². The summed E-state index contributed by atoms with van der Waals surface area (Å²) in [6.07, 6.45) is 5.65. The first-order chi connectivity index (χ1) is 18.5. The molecule has 2 fully saturated rings. The van der Waals surface area contributed by atoms with Crippen molar-refractivity contribution in [2.45, 2.75) is 37.3 Å². The standard InChI is InChI=1S/C28H34FN7O2/c1-34-15-17-35(18-16-34)28(38)25(3-2-12-30-26-19-24(26)20-4-8-22(29)9-5-20)32-27(37)21-6-10-23(11-7-21)36-14-13-31-33-36/h4-11,13-14,24-26,30H,2-3,12,15-19H2,1H3,(H,32,37)/t24-,25?,26-/m1/s1. The Bertz CT molecular complexity index is 1210. The molecule has 1 unspecified atom stereocenters. The molecule has 1 saturated heterocycles. The topological polar surface area (TPSA) is 95.4 Å². The number of hydrogen-bond donors (Lipinski definition) is 2. The Morgan fingerprint density at radius 1 is 1.05 bits per heavy atom. The fourth-order valence-corrected chi connectivity index (χ4v) is 4.95. The van der Waals surface area contributed by atoms with E-state index in [0.717, 1.165) is 43.7 Å². The molecule has 5 rings (SSSR count). The highest BCUT2D eigenvalue weighted by molar-refractivity contribution is 5.97. The number of rotatable bonds is 10. The first-order valence-corrected chi connectivity index (χ1v) is 13.2. The minimum atomic E-state index is -0.588. The quantitative estimate of drug-likeness (QED) is 0.399. The van der Waals surface area contributed by atoms with E-state index in [2.05, 4.69) is 25.8 Å². The maximum atomic E-state index is 13.4. The summed E-state index contributed by atoms with van der Waals surface area (Å²) in [4.78, 5) is 30.6. The number of piperazine rings is 1. The number of nitrogens with zero attached hydrogens (tertiary/aromatic N) is 5. The third-order valence-corrected chi connectivity index (χ3v) is 7.40. The zero-order valence-corrected chi connectivity index (χ0v) is 21.6. The normalized spacial score (nSPS) is 20.2. The van der Waals surface area contributed by atoms with Crippen molar-refractivity contribution in [2.75, 3.05) is 39.8 Å². The fraction of sp³-hybridized carbons (Fsp3) is 0.429. The molecule has 0 spiro atoms. The van der Waals surface area contributed by atoms with Crippen LogP contribution in [0.3, 0.4) is 0 Å². The van der Waals surface area contributed by atoms with Crippen molar-refractivity contribution >= 4 is 11.8 Å². The van der Waals surface area contributed by atoms with Gasteiger partial charge in [-0.1, -0.05) is 17.3 Å². The van der Waals surface area contributed by atoms with Gasteiger partial charge in [0.2, 0.25) is 5.91 Å². The predicted octanol–water partition coefficient (Wildman–Crippen LogP) is 2.20. The van der Waals surface area contributed by atoms with Crippen LogP contribution in [0, 0.1) is 5.82 Å². The van der Waals surface area contributed by atoms with E-state index in [4.69, 9.17) is 0 Å². The molecule has 2 amide bonds. The number of carbonyl (C=O) groups excluding carboxylic acids is 2. The Morgan fingerprint density at radius 2 is 1.79 bits per heavy atom. The van der Waals surface area contributed by atoms with Crippen LogP contribution in [0.25, 0.3) is 5.69 Å². The Morgan fingerprint density at radius 3 is 2.47 bits per heavy atom. The molecular formula is C28H34FN7O2. The average Bonchev–Trinajstić information content (AvgIpc) is 3.49. The summed E-state index contributed by atoms with van der Waals surface area (Å²) < 4.78 is 14.8. The molecule has 0 bridgehead atoms. The average molecular weight is 520 g/mol. The molecular weight excluding hydrogens is 485 g/mol. The van der Waals surface area contributed by atoms with E-state index >= 15 is 0 Å². The fourth-order valence-electron chi connectivity index (χ4n) is 4.95. The van der Waals surface area contributed by atoms with Crippen LogP contribution in [-0.4, -0.2) is 88.5 Å². The number of nitrogens with one attached hydrogen (secondary N) is 2. The van der Waals surface area contributed by atoms with E-state index in [1.165, 1.54) is 12.1 Å². The smallest absolute Gasteiger partial charge is 0.251 e. The van der Waals surface area contributed by atoms with Crippen LogP contribution < -0.4 is 10.6 Å². The van der Waals surface area contributed by atoms with Gasteiger partial charge in [-0.15, -0.1) is 5.10 Å². The van der Waals surface area contributed by atoms with Gasteiger partial charge in [0, 0.05) is 43.7 Å². The van der Waals surface area contributed by atoms with Crippen LogP contribution in [0.5, 0.6) is 0 Å². The van der Waals surface area contributed by atoms with Crippen molar-refractivity contribution in [3.63, 3.8) is 0 Å². The maximum Gasteiger partial charge on any atom is 0.251 e. The van der Waals surface area contributed by atoms with E-state index < -0.39 is 6.04 Å². The number of benzene rings is 2. The summed E-state index contributed by atoms with van der Waals surface area (Å²) in [6, 6.07) is 13.5. The predicted molar refractivity (Wildman–Crippen MR) is 141 cm³/mol. The summed E-state index contributed by atoms with van der Waals surface area (Å²) >= 11 is 0.